The fraction of sp³-hybridized carbons (Fsp3) is 0.0769. The zero-order valence-corrected chi connectivity index (χ0v) is 11.4. The molecule has 1 aromatic heterocycles. The van der Waals surface area contributed by atoms with Crippen LogP contribution in [0, 0.1) is 10.1 Å². The number of rotatable bonds is 2. The number of carbonyl (C=O) groups is 1. The summed E-state index contributed by atoms with van der Waals surface area (Å²) in [6.07, 6.45) is 0. The smallest absolute Gasteiger partial charge is 0.276 e. The molecule has 0 bridgehead atoms. The number of fused-ring (bicyclic) bond motifs is 1. The van der Waals surface area contributed by atoms with Crippen LogP contribution in [0.1, 0.15) is 0 Å². The van der Waals surface area contributed by atoms with E-state index in [2.05, 4.69) is 10.3 Å². The SMILES string of the molecule is O=C1CN(c2cc([N+](=O)[O-])cc(Cl)n2)c2ccccc2N1. The van der Waals surface area contributed by atoms with Gasteiger partial charge in [0.2, 0.25) is 5.91 Å². The average Bonchev–Trinajstić information content (AvgIpc) is 2.45. The number of nitro groups is 1. The molecule has 0 aliphatic carbocycles. The minimum Gasteiger partial charge on any atom is -0.323 e. The normalized spacial score (nSPS) is 13.6. The number of para-hydroxylation sites is 2. The molecule has 3 rings (SSSR count). The number of pyridine rings is 1. The van der Waals surface area contributed by atoms with E-state index >= 15 is 0 Å². The van der Waals surface area contributed by atoms with Gasteiger partial charge in [0, 0.05) is 0 Å². The van der Waals surface area contributed by atoms with E-state index in [0.717, 1.165) is 0 Å². The summed E-state index contributed by atoms with van der Waals surface area (Å²) in [6, 6.07) is 9.60. The molecule has 8 heteroatoms. The summed E-state index contributed by atoms with van der Waals surface area (Å²) in [7, 11) is 0. The van der Waals surface area contributed by atoms with Gasteiger partial charge < -0.3 is 10.2 Å². The Hall–Kier alpha value is -2.67. The van der Waals surface area contributed by atoms with Gasteiger partial charge in [0.05, 0.1) is 28.4 Å². The summed E-state index contributed by atoms with van der Waals surface area (Å²) >= 11 is 5.83. The molecule has 1 N–H and O–H groups in total. The van der Waals surface area contributed by atoms with Crippen molar-refractivity contribution in [2.45, 2.75) is 0 Å². The van der Waals surface area contributed by atoms with Gasteiger partial charge in [-0.05, 0) is 12.1 Å². The Balaban J connectivity index is 2.12. The summed E-state index contributed by atoms with van der Waals surface area (Å²) in [4.78, 5) is 27.8. The summed E-state index contributed by atoms with van der Waals surface area (Å²) in [5, 5.41) is 13.7. The van der Waals surface area contributed by atoms with Crippen molar-refractivity contribution in [3.05, 3.63) is 51.7 Å². The van der Waals surface area contributed by atoms with Gasteiger partial charge in [-0.15, -0.1) is 0 Å². The van der Waals surface area contributed by atoms with Gasteiger partial charge in [0.15, 0.2) is 0 Å². The number of amides is 1. The Morgan fingerprint density at radius 1 is 1.33 bits per heavy atom. The number of aromatic nitrogens is 1. The second-order valence-electron chi connectivity index (χ2n) is 4.41. The molecule has 2 heterocycles. The number of anilines is 3. The lowest BCUT2D eigenvalue weighted by atomic mass is 10.2. The molecule has 106 valence electrons. The second-order valence-corrected chi connectivity index (χ2v) is 4.80. The molecular formula is C13H9ClN4O3. The lowest BCUT2D eigenvalue weighted by Crippen LogP contribution is -2.35. The van der Waals surface area contributed by atoms with Gasteiger partial charge in [0.1, 0.15) is 17.5 Å². The molecule has 0 atom stereocenters. The first-order valence-electron chi connectivity index (χ1n) is 6.03. The van der Waals surface area contributed by atoms with Gasteiger partial charge in [-0.25, -0.2) is 4.98 Å². The molecule has 7 nitrogen and oxygen atoms in total. The van der Waals surface area contributed by atoms with Crippen LogP contribution in [0.25, 0.3) is 0 Å². The molecule has 21 heavy (non-hydrogen) atoms. The molecule has 2 aromatic rings. The molecule has 0 fully saturated rings. The van der Waals surface area contributed by atoms with Crippen molar-refractivity contribution >= 4 is 40.4 Å². The van der Waals surface area contributed by atoms with Crippen LogP contribution in [0.3, 0.4) is 0 Å². The molecule has 0 saturated carbocycles. The van der Waals surface area contributed by atoms with Gasteiger partial charge in [-0.3, -0.25) is 14.9 Å². The number of carbonyl (C=O) groups excluding carboxylic acids is 1. The number of nitrogens with one attached hydrogen (secondary N) is 1. The number of benzene rings is 1. The Labute approximate surface area is 124 Å². The van der Waals surface area contributed by atoms with Crippen molar-refractivity contribution in [3.63, 3.8) is 0 Å². The maximum absolute atomic E-state index is 11.8. The van der Waals surface area contributed by atoms with E-state index < -0.39 is 4.92 Å². The number of hydrogen-bond acceptors (Lipinski definition) is 5. The van der Waals surface area contributed by atoms with Crippen molar-refractivity contribution in [2.24, 2.45) is 0 Å². The van der Waals surface area contributed by atoms with E-state index in [1.807, 2.05) is 6.07 Å². The van der Waals surface area contributed by atoms with Crippen LogP contribution < -0.4 is 10.2 Å². The minimum atomic E-state index is -0.549. The molecule has 0 radical (unpaired) electrons. The third-order valence-electron chi connectivity index (χ3n) is 3.02. The highest BCUT2D eigenvalue weighted by Gasteiger charge is 2.25. The fourth-order valence-electron chi connectivity index (χ4n) is 2.15. The third-order valence-corrected chi connectivity index (χ3v) is 3.22. The van der Waals surface area contributed by atoms with Crippen LogP contribution in [0.2, 0.25) is 5.15 Å². The summed E-state index contributed by atoms with van der Waals surface area (Å²) < 4.78 is 0. The summed E-state index contributed by atoms with van der Waals surface area (Å²) in [5.74, 6) is 0.0367. The molecule has 1 amide bonds. The van der Waals surface area contributed by atoms with E-state index in [-0.39, 0.29) is 29.1 Å². The first-order valence-corrected chi connectivity index (χ1v) is 6.41. The lowest BCUT2D eigenvalue weighted by molar-refractivity contribution is -0.384. The van der Waals surface area contributed by atoms with E-state index in [1.165, 1.54) is 12.1 Å². The van der Waals surface area contributed by atoms with Gasteiger partial charge in [-0.1, -0.05) is 23.7 Å². The van der Waals surface area contributed by atoms with E-state index in [1.54, 1.807) is 23.1 Å². The van der Waals surface area contributed by atoms with E-state index in [9.17, 15) is 14.9 Å². The zero-order chi connectivity index (χ0) is 15.0. The molecule has 0 spiro atoms. The van der Waals surface area contributed by atoms with Crippen LogP contribution in [0.15, 0.2) is 36.4 Å². The Morgan fingerprint density at radius 2 is 2.10 bits per heavy atom. The van der Waals surface area contributed by atoms with Crippen molar-refractivity contribution in [1.82, 2.24) is 4.98 Å². The first-order chi connectivity index (χ1) is 10.0. The molecule has 1 aliphatic heterocycles. The van der Waals surface area contributed by atoms with Crippen molar-refractivity contribution < 1.29 is 9.72 Å². The minimum absolute atomic E-state index is 0.00247. The van der Waals surface area contributed by atoms with Crippen LogP contribution in [0.4, 0.5) is 22.9 Å². The molecule has 1 aromatic carbocycles. The maximum Gasteiger partial charge on any atom is 0.276 e. The highest BCUT2D eigenvalue weighted by molar-refractivity contribution is 6.29. The highest BCUT2D eigenvalue weighted by atomic mass is 35.5. The van der Waals surface area contributed by atoms with E-state index in [0.29, 0.717) is 11.4 Å². The maximum atomic E-state index is 11.8. The van der Waals surface area contributed by atoms with Gasteiger partial charge in [-0.2, -0.15) is 0 Å². The van der Waals surface area contributed by atoms with Crippen LogP contribution in [-0.2, 0) is 4.79 Å². The van der Waals surface area contributed by atoms with Crippen LogP contribution in [-0.4, -0.2) is 22.4 Å². The Morgan fingerprint density at radius 3 is 2.86 bits per heavy atom. The zero-order valence-electron chi connectivity index (χ0n) is 10.6. The number of hydrogen-bond donors (Lipinski definition) is 1. The number of halogens is 1. The highest BCUT2D eigenvalue weighted by Crippen LogP contribution is 2.35. The van der Waals surface area contributed by atoms with Crippen molar-refractivity contribution in [2.75, 3.05) is 16.8 Å². The first kappa shape index (κ1) is 13.3. The number of nitrogens with zero attached hydrogens (tertiary/aromatic N) is 3. The van der Waals surface area contributed by atoms with E-state index in [4.69, 9.17) is 11.6 Å². The molecular weight excluding hydrogens is 296 g/mol. The quantitative estimate of drug-likeness (QED) is 0.523. The predicted molar refractivity (Wildman–Crippen MR) is 78.0 cm³/mol. The standard InChI is InChI=1S/C13H9ClN4O3/c14-11-5-8(18(20)21)6-12(16-11)17-7-13(19)15-9-3-1-2-4-10(9)17/h1-6H,7H2,(H,15,19). The van der Waals surface area contributed by atoms with Crippen molar-refractivity contribution in [3.8, 4) is 0 Å². The van der Waals surface area contributed by atoms with Crippen LogP contribution in [0.5, 0.6) is 0 Å². The topological polar surface area (TPSA) is 88.4 Å². The Kier molecular flexibility index (Phi) is 3.19. The summed E-state index contributed by atoms with van der Waals surface area (Å²) in [6.45, 7) is 0.0154. The van der Waals surface area contributed by atoms with Crippen LogP contribution >= 0.6 is 11.6 Å². The third kappa shape index (κ3) is 2.50. The average molecular weight is 305 g/mol. The molecule has 1 aliphatic rings. The fourth-order valence-corrected chi connectivity index (χ4v) is 2.35. The second kappa shape index (κ2) is 5.02. The predicted octanol–water partition coefficient (Wildman–Crippen LogP) is 2.73. The lowest BCUT2D eigenvalue weighted by Gasteiger charge is -2.29. The largest absolute Gasteiger partial charge is 0.323 e. The monoisotopic (exact) mass is 304 g/mol. The summed E-state index contributed by atoms with van der Waals surface area (Å²) in [5.41, 5.74) is 1.16. The molecule has 0 unspecified atom stereocenters. The Bertz CT molecular complexity index is 750. The van der Waals surface area contributed by atoms with Crippen molar-refractivity contribution in [1.29, 1.82) is 0 Å². The molecule has 0 saturated heterocycles. The van der Waals surface area contributed by atoms with Gasteiger partial charge >= 0.3 is 0 Å². The van der Waals surface area contributed by atoms with Gasteiger partial charge in [0.25, 0.3) is 5.69 Å².